The molecule has 2 N–H and O–H groups in total. The number of hydrogen-bond acceptors (Lipinski definition) is 10. The number of nitrogens with one attached hydrogen (secondary N) is 2. The Balaban J connectivity index is 2.37. The molecule has 2 heterocycles. The molecule has 14 heteroatoms. The molecule has 0 saturated carbocycles. The molecule has 2 rings (SSSR count). The molecule has 1 aliphatic rings. The number of hydrogen-bond donors (Lipinski definition) is 2. The molecule has 0 spiro atoms. The van der Waals surface area contributed by atoms with Crippen LogP contribution in [0, 0.1) is 0 Å². The van der Waals surface area contributed by atoms with E-state index in [2.05, 4.69) is 10.1 Å². The topological polar surface area (TPSA) is 148 Å². The maximum atomic E-state index is 13.1. The average molecular weight is 498 g/mol. The van der Waals surface area contributed by atoms with Crippen LogP contribution in [0.4, 0.5) is 0 Å². The molecule has 0 unspecified atom stereocenters. The Bertz CT molecular complexity index is 1020. The molecule has 1 aromatic rings. The molecule has 11 nitrogen and oxygen atoms in total. The summed E-state index contributed by atoms with van der Waals surface area (Å²) >= 11 is 0.578. The van der Waals surface area contributed by atoms with Gasteiger partial charge in [0.15, 0.2) is 6.10 Å². The molecule has 1 aliphatic heterocycles. The van der Waals surface area contributed by atoms with Crippen molar-refractivity contribution in [3.8, 4) is 0 Å². The van der Waals surface area contributed by atoms with E-state index in [4.69, 9.17) is 4.74 Å². The predicted molar refractivity (Wildman–Crippen MR) is 113 cm³/mol. The molecule has 2 atom stereocenters. The van der Waals surface area contributed by atoms with Gasteiger partial charge < -0.3 is 14.8 Å². The zero-order valence-corrected chi connectivity index (χ0v) is 20.2. The number of esters is 1. The van der Waals surface area contributed by atoms with Gasteiger partial charge in [0.05, 0.1) is 0 Å². The number of carbonyl (C=O) groups is 2. The van der Waals surface area contributed by atoms with Gasteiger partial charge >= 0.3 is 5.97 Å². The molecule has 0 saturated heterocycles. The van der Waals surface area contributed by atoms with Crippen LogP contribution in [0.15, 0.2) is 14.5 Å². The molecule has 0 radical (unpaired) electrons. The van der Waals surface area contributed by atoms with Crippen LogP contribution < -0.4 is 10.0 Å². The van der Waals surface area contributed by atoms with Crippen LogP contribution in [0.3, 0.4) is 0 Å². The number of carbonyl (C=O) groups excluding carboxylic acids is 2. The van der Waals surface area contributed by atoms with E-state index in [1.54, 1.807) is 0 Å². The Hall–Kier alpha value is -1.58. The first-order valence-corrected chi connectivity index (χ1v) is 13.3. The van der Waals surface area contributed by atoms with Gasteiger partial charge in [-0.15, -0.1) is 11.3 Å². The molecule has 0 aromatic carbocycles. The van der Waals surface area contributed by atoms with Gasteiger partial charge in [0, 0.05) is 45.3 Å². The summed E-state index contributed by atoms with van der Waals surface area (Å²) in [5.41, 5.74) is 0.343. The fourth-order valence-electron chi connectivity index (χ4n) is 3.05. The summed E-state index contributed by atoms with van der Waals surface area (Å²) in [5.74, 6) is -1.77. The standard InChI is InChI=1S/C17H27N3O8S3/c1-5-18-14-10-20(7-6-8-27-4)31(25,26)17-13(14)9-15(29-17)30(23,24)19-16(22)11(2)28-12(3)21/h9,11,14,18H,5-8,10H2,1-4H3,(H,19,22)/t11-,14-/m0/s1. The van der Waals surface area contributed by atoms with Gasteiger partial charge in [0.25, 0.3) is 26.0 Å². The third kappa shape index (κ3) is 6.02. The Morgan fingerprint density at radius 1 is 1.39 bits per heavy atom. The van der Waals surface area contributed by atoms with E-state index in [0.717, 1.165) is 6.92 Å². The van der Waals surface area contributed by atoms with E-state index < -0.39 is 44.1 Å². The molecule has 0 bridgehead atoms. The molecule has 176 valence electrons. The zero-order valence-electron chi connectivity index (χ0n) is 17.7. The number of likely N-dealkylation sites (N-methyl/N-ethyl adjacent to an activating group) is 1. The fraction of sp³-hybridized carbons (Fsp3) is 0.647. The van der Waals surface area contributed by atoms with Gasteiger partial charge in [-0.05, 0) is 26.0 Å². The number of fused-ring (bicyclic) bond motifs is 1. The number of ether oxygens (including phenoxy) is 2. The van der Waals surface area contributed by atoms with E-state index >= 15 is 0 Å². The number of nitrogens with zero attached hydrogens (tertiary/aromatic N) is 1. The maximum Gasteiger partial charge on any atom is 0.303 e. The van der Waals surface area contributed by atoms with Crippen molar-refractivity contribution in [2.24, 2.45) is 0 Å². The lowest BCUT2D eigenvalue weighted by Crippen LogP contribution is -2.43. The molecule has 0 fully saturated rings. The second-order valence-electron chi connectivity index (χ2n) is 6.85. The fourth-order valence-corrected chi connectivity index (χ4v) is 7.97. The van der Waals surface area contributed by atoms with Crippen molar-refractivity contribution >= 4 is 43.3 Å². The normalized spacial score (nSPS) is 19.4. The van der Waals surface area contributed by atoms with Crippen molar-refractivity contribution < 1.29 is 35.9 Å². The van der Waals surface area contributed by atoms with Gasteiger partial charge in [-0.25, -0.2) is 21.6 Å². The average Bonchev–Trinajstić information content (AvgIpc) is 3.12. The zero-order chi connectivity index (χ0) is 23.4. The minimum atomic E-state index is -4.36. The summed E-state index contributed by atoms with van der Waals surface area (Å²) < 4.78 is 64.0. The predicted octanol–water partition coefficient (Wildman–Crippen LogP) is 0.196. The van der Waals surface area contributed by atoms with E-state index in [1.807, 2.05) is 11.6 Å². The van der Waals surface area contributed by atoms with Gasteiger partial charge in [0.2, 0.25) is 0 Å². The highest BCUT2D eigenvalue weighted by Gasteiger charge is 2.40. The van der Waals surface area contributed by atoms with Crippen molar-refractivity contribution in [2.75, 3.05) is 33.4 Å². The number of thiophene rings is 1. The summed E-state index contributed by atoms with van der Waals surface area (Å²) in [7, 11) is -6.74. The Labute approximate surface area is 186 Å². The first-order valence-electron chi connectivity index (χ1n) is 9.54. The van der Waals surface area contributed by atoms with Crippen LogP contribution in [-0.2, 0) is 39.1 Å². The van der Waals surface area contributed by atoms with Crippen LogP contribution >= 0.6 is 11.3 Å². The van der Waals surface area contributed by atoms with Gasteiger partial charge in [-0.3, -0.25) is 9.59 Å². The minimum absolute atomic E-state index is 0.0806. The smallest absolute Gasteiger partial charge is 0.303 e. The largest absolute Gasteiger partial charge is 0.453 e. The summed E-state index contributed by atoms with van der Waals surface area (Å²) in [6.45, 7) is 5.50. The lowest BCUT2D eigenvalue weighted by Gasteiger charge is -2.32. The molecule has 0 aliphatic carbocycles. The number of rotatable bonds is 10. The van der Waals surface area contributed by atoms with Crippen molar-refractivity contribution in [1.82, 2.24) is 14.3 Å². The van der Waals surface area contributed by atoms with Crippen molar-refractivity contribution in [2.45, 2.75) is 47.8 Å². The Kier molecular flexibility index (Phi) is 8.58. The van der Waals surface area contributed by atoms with E-state index in [0.29, 0.717) is 36.5 Å². The van der Waals surface area contributed by atoms with Crippen LogP contribution in [0.25, 0.3) is 0 Å². The highest BCUT2D eigenvalue weighted by molar-refractivity contribution is 7.94. The van der Waals surface area contributed by atoms with Crippen LogP contribution in [0.5, 0.6) is 0 Å². The third-order valence-electron chi connectivity index (χ3n) is 4.46. The number of methoxy groups -OCH3 is 1. The summed E-state index contributed by atoms with van der Waals surface area (Å²) in [4.78, 5) is 23.1. The van der Waals surface area contributed by atoms with E-state index in [9.17, 15) is 26.4 Å². The molecular weight excluding hydrogens is 470 g/mol. The van der Waals surface area contributed by atoms with Crippen molar-refractivity contribution in [3.05, 3.63) is 11.6 Å². The molecule has 31 heavy (non-hydrogen) atoms. The molecular formula is C17H27N3O8S3. The summed E-state index contributed by atoms with van der Waals surface area (Å²) in [5, 5.41) is 3.17. The lowest BCUT2D eigenvalue weighted by atomic mass is 10.1. The second kappa shape index (κ2) is 10.4. The second-order valence-corrected chi connectivity index (χ2v) is 11.9. The highest BCUT2D eigenvalue weighted by atomic mass is 32.3. The van der Waals surface area contributed by atoms with Crippen LogP contribution in [0.2, 0.25) is 0 Å². The Morgan fingerprint density at radius 2 is 2.06 bits per heavy atom. The number of amides is 1. The minimum Gasteiger partial charge on any atom is -0.453 e. The Morgan fingerprint density at radius 3 is 2.65 bits per heavy atom. The van der Waals surface area contributed by atoms with Crippen molar-refractivity contribution in [3.63, 3.8) is 0 Å². The summed E-state index contributed by atoms with van der Waals surface area (Å²) in [6, 6.07) is 0.866. The lowest BCUT2D eigenvalue weighted by molar-refractivity contribution is -0.152. The molecule has 1 aromatic heterocycles. The highest BCUT2D eigenvalue weighted by Crippen LogP contribution is 2.40. The first-order chi connectivity index (χ1) is 14.4. The monoisotopic (exact) mass is 497 g/mol. The van der Waals surface area contributed by atoms with Crippen LogP contribution in [-0.4, -0.2) is 72.5 Å². The van der Waals surface area contributed by atoms with Crippen LogP contribution in [0.1, 0.15) is 38.8 Å². The van der Waals surface area contributed by atoms with E-state index in [-0.39, 0.29) is 21.5 Å². The number of sulfonamides is 2. The molecule has 1 amide bonds. The van der Waals surface area contributed by atoms with Gasteiger partial charge in [-0.1, -0.05) is 6.92 Å². The first kappa shape index (κ1) is 25.7. The van der Waals surface area contributed by atoms with Gasteiger partial charge in [0.1, 0.15) is 8.42 Å². The summed E-state index contributed by atoms with van der Waals surface area (Å²) in [6.07, 6.45) is -0.832. The third-order valence-corrected chi connectivity index (χ3v) is 9.82. The SMILES string of the molecule is CCN[C@H]1CN(CCCOC)S(=O)(=O)c2sc(S(=O)(=O)NC(=O)[C@H](C)OC(C)=O)cc21. The maximum absolute atomic E-state index is 13.1. The quantitative estimate of drug-likeness (QED) is 0.341. The van der Waals surface area contributed by atoms with Crippen molar-refractivity contribution in [1.29, 1.82) is 0 Å². The van der Waals surface area contributed by atoms with Gasteiger partial charge in [-0.2, -0.15) is 4.31 Å². The van der Waals surface area contributed by atoms with E-state index in [1.165, 1.54) is 24.4 Å².